The number of hydrogen-bond donors (Lipinski definition) is 2. The number of aromatic nitrogens is 3. The molecule has 0 radical (unpaired) electrons. The topological polar surface area (TPSA) is 80.0 Å². The van der Waals surface area contributed by atoms with E-state index in [-0.39, 0.29) is 12.5 Å². The van der Waals surface area contributed by atoms with Crippen LogP contribution in [0, 0.1) is 18.8 Å². The van der Waals surface area contributed by atoms with Gasteiger partial charge in [0.15, 0.2) is 0 Å². The third-order valence-corrected chi connectivity index (χ3v) is 2.73. The molecule has 0 aromatic carbocycles. The molecule has 0 unspecified atom stereocenters. The van der Waals surface area contributed by atoms with Crippen LogP contribution in [0.15, 0.2) is 24.7 Å². The molecule has 6 heteroatoms. The van der Waals surface area contributed by atoms with Crippen molar-refractivity contribution in [2.75, 3.05) is 11.9 Å². The van der Waals surface area contributed by atoms with Crippen molar-refractivity contribution in [3.8, 4) is 11.8 Å². The summed E-state index contributed by atoms with van der Waals surface area (Å²) in [5.41, 5.74) is 2.48. The fourth-order valence-electron chi connectivity index (χ4n) is 1.77. The van der Waals surface area contributed by atoms with Gasteiger partial charge in [0.25, 0.3) is 5.91 Å². The monoisotopic (exact) mass is 284 g/mol. The van der Waals surface area contributed by atoms with Gasteiger partial charge in [0.05, 0.1) is 23.6 Å². The van der Waals surface area contributed by atoms with Crippen LogP contribution < -0.4 is 5.32 Å². The van der Waals surface area contributed by atoms with Crippen LogP contribution in [0.25, 0.3) is 0 Å². The lowest BCUT2D eigenvalue weighted by atomic mass is 10.2. The first kappa shape index (κ1) is 14.8. The highest BCUT2D eigenvalue weighted by Gasteiger charge is 2.10. The number of nitrogens with zero attached hydrogens (tertiary/aromatic N) is 3. The summed E-state index contributed by atoms with van der Waals surface area (Å²) in [7, 11) is 1.79. The molecule has 2 aromatic heterocycles. The standard InChI is InChI=1S/C15H16N4O2/c1-11-14(10-19(2)18-11)17-15(21)13-7-12(8-16-9-13)5-3-4-6-20/h7-10,20H,4,6H2,1-2H3,(H,17,21). The Balaban J connectivity index is 2.14. The number of aliphatic hydroxyl groups is 1. The predicted molar refractivity (Wildman–Crippen MR) is 78.7 cm³/mol. The van der Waals surface area contributed by atoms with E-state index in [1.807, 2.05) is 6.92 Å². The van der Waals surface area contributed by atoms with Gasteiger partial charge in [-0.3, -0.25) is 14.5 Å². The Morgan fingerprint density at radius 3 is 2.95 bits per heavy atom. The summed E-state index contributed by atoms with van der Waals surface area (Å²) in [6, 6.07) is 1.67. The Morgan fingerprint density at radius 1 is 1.48 bits per heavy atom. The van der Waals surface area contributed by atoms with Crippen LogP contribution in [0.4, 0.5) is 5.69 Å². The van der Waals surface area contributed by atoms with Crippen LogP contribution in [0.2, 0.25) is 0 Å². The Hall–Kier alpha value is -2.65. The molecule has 0 saturated heterocycles. The van der Waals surface area contributed by atoms with Crippen molar-refractivity contribution in [1.82, 2.24) is 14.8 Å². The van der Waals surface area contributed by atoms with Gasteiger partial charge in [-0.15, -0.1) is 0 Å². The van der Waals surface area contributed by atoms with Gasteiger partial charge < -0.3 is 10.4 Å². The third-order valence-electron chi connectivity index (χ3n) is 2.73. The Bertz CT molecular complexity index is 710. The van der Waals surface area contributed by atoms with Crippen molar-refractivity contribution in [2.45, 2.75) is 13.3 Å². The zero-order valence-corrected chi connectivity index (χ0v) is 11.9. The first-order valence-electron chi connectivity index (χ1n) is 6.46. The lowest BCUT2D eigenvalue weighted by Crippen LogP contribution is -2.12. The molecular weight excluding hydrogens is 268 g/mol. The molecule has 0 aliphatic carbocycles. The van der Waals surface area contributed by atoms with E-state index in [1.165, 1.54) is 6.20 Å². The van der Waals surface area contributed by atoms with Crippen LogP contribution in [-0.4, -0.2) is 32.4 Å². The van der Waals surface area contributed by atoms with Crippen molar-refractivity contribution >= 4 is 11.6 Å². The van der Waals surface area contributed by atoms with E-state index in [9.17, 15) is 4.79 Å². The van der Waals surface area contributed by atoms with Gasteiger partial charge in [-0.1, -0.05) is 11.8 Å². The second kappa shape index (κ2) is 6.68. The molecule has 108 valence electrons. The van der Waals surface area contributed by atoms with E-state index in [2.05, 4.69) is 27.2 Å². The fourth-order valence-corrected chi connectivity index (χ4v) is 1.77. The number of rotatable bonds is 3. The van der Waals surface area contributed by atoms with Crippen molar-refractivity contribution in [3.05, 3.63) is 41.5 Å². The maximum Gasteiger partial charge on any atom is 0.257 e. The Labute approximate surface area is 122 Å². The van der Waals surface area contributed by atoms with Gasteiger partial charge in [-0.25, -0.2) is 0 Å². The number of carbonyl (C=O) groups excluding carboxylic acids is 1. The average molecular weight is 284 g/mol. The lowest BCUT2D eigenvalue weighted by Gasteiger charge is -2.03. The number of nitrogens with one attached hydrogen (secondary N) is 1. The predicted octanol–water partition coefficient (Wildman–Crippen LogP) is 1.11. The molecule has 0 spiro atoms. The molecule has 2 aromatic rings. The number of amides is 1. The molecule has 6 nitrogen and oxygen atoms in total. The number of hydrogen-bond acceptors (Lipinski definition) is 4. The molecule has 0 bridgehead atoms. The lowest BCUT2D eigenvalue weighted by molar-refractivity contribution is 0.102. The molecule has 0 fully saturated rings. The van der Waals surface area contributed by atoms with Crippen molar-refractivity contribution < 1.29 is 9.90 Å². The minimum atomic E-state index is -0.260. The normalized spacial score (nSPS) is 9.86. The molecule has 21 heavy (non-hydrogen) atoms. The molecule has 0 aliphatic rings. The quantitative estimate of drug-likeness (QED) is 0.827. The van der Waals surface area contributed by atoms with E-state index in [4.69, 9.17) is 5.11 Å². The summed E-state index contributed by atoms with van der Waals surface area (Å²) in [4.78, 5) is 16.2. The van der Waals surface area contributed by atoms with E-state index in [0.29, 0.717) is 23.2 Å². The summed E-state index contributed by atoms with van der Waals surface area (Å²) in [5, 5.41) is 15.6. The number of aryl methyl sites for hydroxylation is 2. The SMILES string of the molecule is Cc1nn(C)cc1NC(=O)c1cncc(C#CCCO)c1. The summed E-state index contributed by atoms with van der Waals surface area (Å²) < 4.78 is 1.64. The van der Waals surface area contributed by atoms with Gasteiger partial charge in [-0.2, -0.15) is 5.10 Å². The maximum absolute atomic E-state index is 12.2. The molecule has 0 aliphatic heterocycles. The highest BCUT2D eigenvalue weighted by Crippen LogP contribution is 2.13. The molecule has 0 saturated carbocycles. The fraction of sp³-hybridized carbons (Fsp3) is 0.267. The van der Waals surface area contributed by atoms with Gasteiger partial charge in [-0.05, 0) is 13.0 Å². The Kier molecular flexibility index (Phi) is 4.69. The molecule has 2 N–H and O–H groups in total. The van der Waals surface area contributed by atoms with Crippen molar-refractivity contribution in [2.24, 2.45) is 7.05 Å². The zero-order valence-electron chi connectivity index (χ0n) is 11.9. The second-order valence-corrected chi connectivity index (χ2v) is 4.49. The van der Waals surface area contributed by atoms with Crippen molar-refractivity contribution in [3.63, 3.8) is 0 Å². The molecular formula is C15H16N4O2. The first-order chi connectivity index (χ1) is 10.1. The molecule has 2 heterocycles. The maximum atomic E-state index is 12.2. The van der Waals surface area contributed by atoms with Gasteiger partial charge in [0, 0.05) is 37.6 Å². The summed E-state index contributed by atoms with van der Waals surface area (Å²) >= 11 is 0. The highest BCUT2D eigenvalue weighted by atomic mass is 16.2. The minimum absolute atomic E-state index is 0.0148. The van der Waals surface area contributed by atoms with Gasteiger partial charge in [0.1, 0.15) is 0 Å². The van der Waals surface area contributed by atoms with Crippen LogP contribution in [-0.2, 0) is 7.05 Å². The molecule has 0 atom stereocenters. The first-order valence-corrected chi connectivity index (χ1v) is 6.46. The summed E-state index contributed by atoms with van der Waals surface area (Å²) in [5.74, 6) is 5.39. The second-order valence-electron chi connectivity index (χ2n) is 4.49. The van der Waals surface area contributed by atoms with Crippen LogP contribution in [0.3, 0.4) is 0 Å². The number of carbonyl (C=O) groups is 1. The summed E-state index contributed by atoms with van der Waals surface area (Å²) in [6.07, 6.45) is 5.20. The summed E-state index contributed by atoms with van der Waals surface area (Å²) in [6.45, 7) is 1.84. The number of anilines is 1. The minimum Gasteiger partial charge on any atom is -0.395 e. The van der Waals surface area contributed by atoms with Crippen molar-refractivity contribution in [1.29, 1.82) is 0 Å². The van der Waals surface area contributed by atoms with Gasteiger partial charge in [0.2, 0.25) is 0 Å². The van der Waals surface area contributed by atoms with Crippen LogP contribution in [0.5, 0.6) is 0 Å². The highest BCUT2D eigenvalue weighted by molar-refractivity contribution is 6.04. The van der Waals surface area contributed by atoms with Crippen LogP contribution in [0.1, 0.15) is 28.0 Å². The average Bonchev–Trinajstić information content (AvgIpc) is 2.77. The van der Waals surface area contributed by atoms with E-state index >= 15 is 0 Å². The molecule has 2 rings (SSSR count). The zero-order chi connectivity index (χ0) is 15.2. The van der Waals surface area contributed by atoms with E-state index < -0.39 is 0 Å². The van der Waals surface area contributed by atoms with E-state index in [0.717, 1.165) is 5.69 Å². The molecule has 1 amide bonds. The smallest absolute Gasteiger partial charge is 0.257 e. The number of pyridine rings is 1. The number of aliphatic hydroxyl groups excluding tert-OH is 1. The Morgan fingerprint density at radius 2 is 2.29 bits per heavy atom. The largest absolute Gasteiger partial charge is 0.395 e. The third kappa shape index (κ3) is 3.91. The van der Waals surface area contributed by atoms with Gasteiger partial charge >= 0.3 is 0 Å². The van der Waals surface area contributed by atoms with Crippen LogP contribution >= 0.6 is 0 Å². The van der Waals surface area contributed by atoms with E-state index in [1.54, 1.807) is 30.2 Å².